The van der Waals surface area contributed by atoms with Gasteiger partial charge in [0.2, 0.25) is 0 Å². The van der Waals surface area contributed by atoms with Crippen molar-refractivity contribution in [2.45, 2.75) is 26.2 Å². The highest BCUT2D eigenvalue weighted by Gasteiger charge is 2.13. The number of rotatable bonds is 6. The monoisotopic (exact) mass is 242 g/mol. The Morgan fingerprint density at radius 1 is 1.50 bits per heavy atom. The number of amides is 1. The summed E-state index contributed by atoms with van der Waals surface area (Å²) in [4.78, 5) is 25.8. The smallest absolute Gasteiger partial charge is 0.355 e. The predicted molar refractivity (Wildman–Crippen MR) is 60.9 cm³/mol. The molecule has 5 nitrogen and oxygen atoms in total. The SMILES string of the molecule is CCCCCNC(=O)c1nc(C(=O)O)cs1. The molecule has 16 heavy (non-hydrogen) atoms. The summed E-state index contributed by atoms with van der Waals surface area (Å²) in [6, 6.07) is 0. The second-order valence-corrected chi connectivity index (χ2v) is 4.16. The van der Waals surface area contributed by atoms with Crippen LogP contribution < -0.4 is 5.32 Å². The van der Waals surface area contributed by atoms with Gasteiger partial charge in [-0.25, -0.2) is 9.78 Å². The van der Waals surface area contributed by atoms with Crippen LogP contribution in [-0.2, 0) is 0 Å². The third-order valence-electron chi connectivity index (χ3n) is 1.98. The number of unbranched alkanes of at least 4 members (excludes halogenated alkanes) is 2. The Kier molecular flexibility index (Phi) is 4.91. The normalized spacial score (nSPS) is 10.1. The first-order valence-corrected chi connectivity index (χ1v) is 6.00. The zero-order chi connectivity index (χ0) is 12.0. The molecular formula is C10H14N2O3S. The van der Waals surface area contributed by atoms with E-state index in [4.69, 9.17) is 5.11 Å². The summed E-state index contributed by atoms with van der Waals surface area (Å²) in [6.07, 6.45) is 3.09. The Labute approximate surface area is 97.5 Å². The summed E-state index contributed by atoms with van der Waals surface area (Å²) >= 11 is 1.05. The molecule has 1 heterocycles. The molecular weight excluding hydrogens is 228 g/mol. The maximum atomic E-state index is 11.5. The van der Waals surface area contributed by atoms with Gasteiger partial charge >= 0.3 is 5.97 Å². The average Bonchev–Trinajstić information content (AvgIpc) is 2.73. The number of carbonyl (C=O) groups is 2. The zero-order valence-electron chi connectivity index (χ0n) is 9.02. The number of aromatic nitrogens is 1. The van der Waals surface area contributed by atoms with Gasteiger partial charge in [-0.05, 0) is 6.42 Å². The van der Waals surface area contributed by atoms with Crippen LogP contribution in [0.25, 0.3) is 0 Å². The van der Waals surface area contributed by atoms with Gasteiger partial charge in [0.25, 0.3) is 5.91 Å². The number of aromatic carboxylic acids is 1. The summed E-state index contributed by atoms with van der Waals surface area (Å²) in [5.41, 5.74) is -0.0799. The van der Waals surface area contributed by atoms with Gasteiger partial charge in [-0.3, -0.25) is 4.79 Å². The Balaban J connectivity index is 2.43. The van der Waals surface area contributed by atoms with Gasteiger partial charge in [-0.2, -0.15) is 0 Å². The van der Waals surface area contributed by atoms with Crippen molar-refractivity contribution >= 4 is 23.2 Å². The van der Waals surface area contributed by atoms with E-state index >= 15 is 0 Å². The van der Waals surface area contributed by atoms with Crippen LogP contribution in [0.2, 0.25) is 0 Å². The Morgan fingerprint density at radius 3 is 2.81 bits per heavy atom. The molecule has 0 saturated heterocycles. The first-order valence-electron chi connectivity index (χ1n) is 5.12. The zero-order valence-corrected chi connectivity index (χ0v) is 9.84. The molecule has 2 N–H and O–H groups in total. The molecule has 0 fully saturated rings. The Bertz CT molecular complexity index is 376. The van der Waals surface area contributed by atoms with Gasteiger partial charge < -0.3 is 10.4 Å². The van der Waals surface area contributed by atoms with Crippen LogP contribution in [0.15, 0.2) is 5.38 Å². The third-order valence-corrected chi connectivity index (χ3v) is 2.82. The van der Waals surface area contributed by atoms with Crippen molar-refractivity contribution in [1.29, 1.82) is 0 Å². The average molecular weight is 242 g/mol. The van der Waals surface area contributed by atoms with Crippen LogP contribution in [-0.4, -0.2) is 28.5 Å². The van der Waals surface area contributed by atoms with E-state index in [1.807, 2.05) is 0 Å². The van der Waals surface area contributed by atoms with Crippen LogP contribution in [0, 0.1) is 0 Å². The first-order chi connectivity index (χ1) is 7.65. The lowest BCUT2D eigenvalue weighted by Crippen LogP contribution is -2.24. The molecule has 1 amide bonds. The molecule has 0 radical (unpaired) electrons. The van der Waals surface area contributed by atoms with Gasteiger partial charge in [0.1, 0.15) is 0 Å². The van der Waals surface area contributed by atoms with Crippen LogP contribution in [0.3, 0.4) is 0 Å². The minimum absolute atomic E-state index is 0.0799. The second kappa shape index (κ2) is 6.22. The van der Waals surface area contributed by atoms with Crippen molar-refractivity contribution in [2.75, 3.05) is 6.54 Å². The highest BCUT2D eigenvalue weighted by molar-refractivity contribution is 7.11. The molecule has 88 valence electrons. The number of carboxylic acid groups (broad SMARTS) is 1. The molecule has 0 bridgehead atoms. The van der Waals surface area contributed by atoms with Gasteiger partial charge in [0, 0.05) is 11.9 Å². The van der Waals surface area contributed by atoms with Crippen LogP contribution >= 0.6 is 11.3 Å². The predicted octanol–water partition coefficient (Wildman–Crippen LogP) is 1.76. The lowest BCUT2D eigenvalue weighted by molar-refractivity contribution is 0.0691. The lowest BCUT2D eigenvalue weighted by atomic mass is 10.2. The molecule has 0 aromatic carbocycles. The van der Waals surface area contributed by atoms with Crippen molar-refractivity contribution in [1.82, 2.24) is 10.3 Å². The van der Waals surface area contributed by atoms with E-state index in [0.29, 0.717) is 6.54 Å². The summed E-state index contributed by atoms with van der Waals surface area (Å²) in [5.74, 6) is -1.41. The molecule has 0 aliphatic rings. The molecule has 0 unspecified atom stereocenters. The first kappa shape index (κ1) is 12.6. The lowest BCUT2D eigenvalue weighted by Gasteiger charge is -2.00. The Hall–Kier alpha value is -1.43. The third kappa shape index (κ3) is 3.62. The molecule has 0 aliphatic carbocycles. The van der Waals surface area contributed by atoms with E-state index in [1.54, 1.807) is 0 Å². The van der Waals surface area contributed by atoms with E-state index in [9.17, 15) is 9.59 Å². The molecule has 1 rings (SSSR count). The molecule has 0 saturated carbocycles. The van der Waals surface area contributed by atoms with Gasteiger partial charge in [-0.15, -0.1) is 11.3 Å². The topological polar surface area (TPSA) is 79.3 Å². The largest absolute Gasteiger partial charge is 0.476 e. The summed E-state index contributed by atoms with van der Waals surface area (Å²) in [5, 5.41) is 12.9. The molecule has 0 aliphatic heterocycles. The number of nitrogens with zero attached hydrogens (tertiary/aromatic N) is 1. The van der Waals surface area contributed by atoms with Gasteiger partial charge in [-0.1, -0.05) is 19.8 Å². The number of nitrogens with one attached hydrogen (secondary N) is 1. The van der Waals surface area contributed by atoms with Crippen LogP contribution in [0.4, 0.5) is 0 Å². The Morgan fingerprint density at radius 2 is 2.25 bits per heavy atom. The second-order valence-electron chi connectivity index (χ2n) is 3.31. The van der Waals surface area contributed by atoms with E-state index in [-0.39, 0.29) is 16.6 Å². The van der Waals surface area contributed by atoms with Crippen LogP contribution in [0.5, 0.6) is 0 Å². The molecule has 0 spiro atoms. The minimum atomic E-state index is -1.11. The number of carbonyl (C=O) groups excluding carboxylic acids is 1. The number of hydrogen-bond acceptors (Lipinski definition) is 4. The van der Waals surface area contributed by atoms with E-state index in [2.05, 4.69) is 17.2 Å². The molecule has 6 heteroatoms. The van der Waals surface area contributed by atoms with Gasteiger partial charge in [0.15, 0.2) is 10.7 Å². The van der Waals surface area contributed by atoms with Crippen molar-refractivity contribution in [2.24, 2.45) is 0 Å². The highest BCUT2D eigenvalue weighted by Crippen LogP contribution is 2.09. The standard InChI is InChI=1S/C10H14N2O3S/c1-2-3-4-5-11-8(13)9-12-7(6-16-9)10(14)15/h6H,2-5H2,1H3,(H,11,13)(H,14,15). The van der Waals surface area contributed by atoms with E-state index in [1.165, 1.54) is 5.38 Å². The quantitative estimate of drug-likeness (QED) is 0.745. The fourth-order valence-electron chi connectivity index (χ4n) is 1.13. The maximum Gasteiger partial charge on any atom is 0.355 e. The summed E-state index contributed by atoms with van der Waals surface area (Å²) in [7, 11) is 0. The maximum absolute atomic E-state index is 11.5. The minimum Gasteiger partial charge on any atom is -0.476 e. The highest BCUT2D eigenvalue weighted by atomic mass is 32.1. The fourth-order valence-corrected chi connectivity index (χ4v) is 1.84. The summed E-state index contributed by atoms with van der Waals surface area (Å²) < 4.78 is 0. The van der Waals surface area contributed by atoms with Crippen molar-refractivity contribution in [3.05, 3.63) is 16.1 Å². The molecule has 1 aromatic heterocycles. The van der Waals surface area contributed by atoms with Crippen molar-refractivity contribution in [3.8, 4) is 0 Å². The number of carboxylic acids is 1. The molecule has 1 aromatic rings. The van der Waals surface area contributed by atoms with Crippen molar-refractivity contribution < 1.29 is 14.7 Å². The summed E-state index contributed by atoms with van der Waals surface area (Å²) in [6.45, 7) is 2.69. The van der Waals surface area contributed by atoms with Crippen molar-refractivity contribution in [3.63, 3.8) is 0 Å². The van der Waals surface area contributed by atoms with E-state index in [0.717, 1.165) is 30.6 Å². The fraction of sp³-hybridized carbons (Fsp3) is 0.500. The van der Waals surface area contributed by atoms with E-state index < -0.39 is 5.97 Å². The van der Waals surface area contributed by atoms with Gasteiger partial charge in [0.05, 0.1) is 0 Å². The van der Waals surface area contributed by atoms with Crippen LogP contribution in [0.1, 0.15) is 46.5 Å². The number of thiazole rings is 1. The number of hydrogen-bond donors (Lipinski definition) is 2. The molecule has 0 atom stereocenters.